The highest BCUT2D eigenvalue weighted by atomic mass is 79.9. The summed E-state index contributed by atoms with van der Waals surface area (Å²) in [5.41, 5.74) is 0.639. The zero-order valence-corrected chi connectivity index (χ0v) is 11.1. The van der Waals surface area contributed by atoms with E-state index in [2.05, 4.69) is 41.6 Å². The Morgan fingerprint density at radius 3 is 2.43 bits per heavy atom. The van der Waals surface area contributed by atoms with Crippen LogP contribution in [0.25, 0.3) is 0 Å². The molecule has 0 aliphatic carbocycles. The van der Waals surface area contributed by atoms with Crippen LogP contribution in [0.3, 0.4) is 0 Å². The van der Waals surface area contributed by atoms with Crippen molar-refractivity contribution in [2.24, 2.45) is 0 Å². The molecule has 1 rings (SSSR count). The molecule has 0 heterocycles. The lowest BCUT2D eigenvalue weighted by molar-refractivity contribution is 0.554. The first-order chi connectivity index (χ1) is 6.42. The molecule has 0 fully saturated rings. The maximum atomic E-state index is 8.68. The average molecular weight is 270 g/mol. The van der Waals surface area contributed by atoms with Crippen molar-refractivity contribution < 1.29 is 4.43 Å². The van der Waals surface area contributed by atoms with E-state index in [1.54, 1.807) is 12.1 Å². The molecular formula is C10H12BrNOSi. The molecule has 0 aliphatic heterocycles. The molecule has 0 unspecified atom stereocenters. The van der Waals surface area contributed by atoms with Crippen LogP contribution in [-0.4, -0.2) is 8.32 Å². The van der Waals surface area contributed by atoms with Crippen molar-refractivity contribution in [3.05, 3.63) is 28.2 Å². The standard InChI is InChI=1S/C10H12BrNOSi/c1-14(2,3)13-10-5-4-8(7-12)6-9(10)11/h4-6H,1-3H3. The van der Waals surface area contributed by atoms with Gasteiger partial charge in [-0.05, 0) is 53.8 Å². The summed E-state index contributed by atoms with van der Waals surface area (Å²) in [5, 5.41) is 8.68. The first-order valence-corrected chi connectivity index (χ1v) is 8.51. The summed E-state index contributed by atoms with van der Waals surface area (Å²) in [5.74, 6) is 0.822. The van der Waals surface area contributed by atoms with Crippen LogP contribution in [0.15, 0.2) is 22.7 Å². The lowest BCUT2D eigenvalue weighted by atomic mass is 10.2. The topological polar surface area (TPSA) is 33.0 Å². The third-order valence-corrected chi connectivity index (χ3v) is 2.93. The summed E-state index contributed by atoms with van der Waals surface area (Å²) in [4.78, 5) is 0. The zero-order valence-electron chi connectivity index (χ0n) is 8.47. The molecule has 0 saturated heterocycles. The van der Waals surface area contributed by atoms with Gasteiger partial charge in [0.15, 0.2) is 0 Å². The van der Waals surface area contributed by atoms with Crippen molar-refractivity contribution in [2.75, 3.05) is 0 Å². The van der Waals surface area contributed by atoms with E-state index < -0.39 is 8.32 Å². The molecule has 0 spiro atoms. The molecule has 0 aliphatic rings. The fraction of sp³-hybridized carbons (Fsp3) is 0.300. The Bertz CT molecular complexity index is 379. The Hall–Kier alpha value is -0.793. The van der Waals surface area contributed by atoms with Crippen LogP contribution >= 0.6 is 15.9 Å². The lowest BCUT2D eigenvalue weighted by Crippen LogP contribution is -2.29. The van der Waals surface area contributed by atoms with Crippen LogP contribution in [0, 0.1) is 11.3 Å². The molecule has 2 nitrogen and oxygen atoms in total. The van der Waals surface area contributed by atoms with Gasteiger partial charge in [-0.25, -0.2) is 0 Å². The van der Waals surface area contributed by atoms with Crippen molar-refractivity contribution in [1.82, 2.24) is 0 Å². The van der Waals surface area contributed by atoms with Crippen LogP contribution in [-0.2, 0) is 0 Å². The minimum Gasteiger partial charge on any atom is -0.544 e. The summed E-state index contributed by atoms with van der Waals surface area (Å²) >= 11 is 3.39. The van der Waals surface area contributed by atoms with Gasteiger partial charge in [-0.1, -0.05) is 0 Å². The first kappa shape index (κ1) is 11.3. The second-order valence-electron chi connectivity index (χ2n) is 3.97. The summed E-state index contributed by atoms with van der Waals surface area (Å²) < 4.78 is 6.66. The normalized spacial score (nSPS) is 10.8. The van der Waals surface area contributed by atoms with Gasteiger partial charge in [-0.2, -0.15) is 5.26 Å². The summed E-state index contributed by atoms with van der Waals surface area (Å²) in [6.45, 7) is 6.37. The van der Waals surface area contributed by atoms with E-state index in [9.17, 15) is 0 Å². The Morgan fingerprint density at radius 1 is 1.36 bits per heavy atom. The van der Waals surface area contributed by atoms with Gasteiger partial charge >= 0.3 is 0 Å². The fourth-order valence-electron chi connectivity index (χ4n) is 0.983. The van der Waals surface area contributed by atoms with Crippen molar-refractivity contribution in [3.63, 3.8) is 0 Å². The first-order valence-electron chi connectivity index (χ1n) is 4.31. The van der Waals surface area contributed by atoms with Gasteiger partial charge in [-0.3, -0.25) is 0 Å². The summed E-state index contributed by atoms with van der Waals surface area (Å²) in [7, 11) is -1.57. The van der Waals surface area contributed by atoms with Gasteiger partial charge in [0.25, 0.3) is 0 Å². The molecule has 4 heteroatoms. The van der Waals surface area contributed by atoms with E-state index >= 15 is 0 Å². The Labute approximate surface area is 93.8 Å². The van der Waals surface area contributed by atoms with Crippen LogP contribution in [0.2, 0.25) is 19.6 Å². The van der Waals surface area contributed by atoms with Gasteiger partial charge < -0.3 is 4.43 Å². The minimum absolute atomic E-state index is 0.639. The van der Waals surface area contributed by atoms with Gasteiger partial charge in [0.1, 0.15) is 5.75 Å². The Balaban J connectivity index is 2.97. The molecule has 1 aromatic carbocycles. The number of rotatable bonds is 2. The quantitative estimate of drug-likeness (QED) is 0.770. The van der Waals surface area contributed by atoms with Gasteiger partial charge in [0, 0.05) is 0 Å². The number of hydrogen-bond donors (Lipinski definition) is 0. The van der Waals surface area contributed by atoms with Gasteiger partial charge in [0.05, 0.1) is 16.1 Å². The van der Waals surface area contributed by atoms with E-state index in [0.717, 1.165) is 10.2 Å². The summed E-state index contributed by atoms with van der Waals surface area (Å²) in [6, 6.07) is 7.46. The average Bonchev–Trinajstić information content (AvgIpc) is 2.06. The Kier molecular flexibility index (Phi) is 3.35. The third-order valence-electron chi connectivity index (χ3n) is 1.48. The second kappa shape index (κ2) is 4.16. The van der Waals surface area contributed by atoms with E-state index in [1.807, 2.05) is 6.07 Å². The molecular weight excluding hydrogens is 258 g/mol. The molecule has 1 aromatic rings. The number of nitrogens with zero attached hydrogens (tertiary/aromatic N) is 1. The lowest BCUT2D eigenvalue weighted by Gasteiger charge is -2.20. The molecule has 0 radical (unpaired) electrons. The number of nitriles is 1. The monoisotopic (exact) mass is 269 g/mol. The maximum absolute atomic E-state index is 8.68. The smallest absolute Gasteiger partial charge is 0.242 e. The highest BCUT2D eigenvalue weighted by Crippen LogP contribution is 2.27. The second-order valence-corrected chi connectivity index (χ2v) is 9.25. The van der Waals surface area contributed by atoms with E-state index in [0.29, 0.717) is 5.56 Å². The van der Waals surface area contributed by atoms with E-state index in [-0.39, 0.29) is 0 Å². The largest absolute Gasteiger partial charge is 0.544 e. The van der Waals surface area contributed by atoms with Crippen molar-refractivity contribution in [1.29, 1.82) is 5.26 Å². The zero-order chi connectivity index (χ0) is 10.8. The van der Waals surface area contributed by atoms with E-state index in [4.69, 9.17) is 9.69 Å². The van der Waals surface area contributed by atoms with Crippen LogP contribution in [0.4, 0.5) is 0 Å². The van der Waals surface area contributed by atoms with E-state index in [1.165, 1.54) is 0 Å². The minimum atomic E-state index is -1.57. The third kappa shape index (κ3) is 3.16. The van der Waals surface area contributed by atoms with Crippen molar-refractivity contribution in [3.8, 4) is 11.8 Å². The van der Waals surface area contributed by atoms with Crippen molar-refractivity contribution in [2.45, 2.75) is 19.6 Å². The highest BCUT2D eigenvalue weighted by Gasteiger charge is 2.17. The number of halogens is 1. The molecule has 0 atom stereocenters. The van der Waals surface area contributed by atoms with Gasteiger partial charge in [0.2, 0.25) is 8.32 Å². The molecule has 0 aromatic heterocycles. The number of hydrogen-bond acceptors (Lipinski definition) is 2. The predicted molar refractivity (Wildman–Crippen MR) is 62.8 cm³/mol. The molecule has 0 saturated carbocycles. The predicted octanol–water partition coefficient (Wildman–Crippen LogP) is 3.53. The fourth-order valence-corrected chi connectivity index (χ4v) is 2.43. The van der Waals surface area contributed by atoms with Crippen LogP contribution in [0.5, 0.6) is 5.75 Å². The SMILES string of the molecule is C[Si](C)(C)Oc1ccc(C#N)cc1Br. The highest BCUT2D eigenvalue weighted by molar-refractivity contribution is 9.10. The Morgan fingerprint density at radius 2 is 2.00 bits per heavy atom. The summed E-state index contributed by atoms with van der Waals surface area (Å²) in [6.07, 6.45) is 0. The van der Waals surface area contributed by atoms with Gasteiger partial charge in [-0.15, -0.1) is 0 Å². The molecule has 0 N–H and O–H groups in total. The molecule has 0 bridgehead atoms. The van der Waals surface area contributed by atoms with Crippen molar-refractivity contribution >= 4 is 24.2 Å². The van der Waals surface area contributed by atoms with Crippen LogP contribution < -0.4 is 4.43 Å². The van der Waals surface area contributed by atoms with Crippen LogP contribution in [0.1, 0.15) is 5.56 Å². The molecule has 14 heavy (non-hydrogen) atoms. The number of benzene rings is 1. The molecule has 74 valence electrons. The maximum Gasteiger partial charge on any atom is 0.242 e. The molecule has 0 amide bonds.